The van der Waals surface area contributed by atoms with Crippen molar-refractivity contribution in [1.82, 2.24) is 34.7 Å². The average molecular weight is 574 g/mol. The predicted molar refractivity (Wildman–Crippen MR) is 160 cm³/mol. The van der Waals surface area contributed by atoms with E-state index in [1.54, 1.807) is 40.8 Å². The Balaban J connectivity index is 1.07. The fourth-order valence-corrected chi connectivity index (χ4v) is 6.78. The van der Waals surface area contributed by atoms with Gasteiger partial charge in [0.25, 0.3) is 5.91 Å². The van der Waals surface area contributed by atoms with Crippen molar-refractivity contribution in [3.63, 3.8) is 0 Å². The zero-order valence-electron chi connectivity index (χ0n) is 24.2. The Morgan fingerprint density at radius 2 is 1.88 bits per heavy atom. The van der Waals surface area contributed by atoms with Gasteiger partial charge in [0.15, 0.2) is 0 Å². The van der Waals surface area contributed by atoms with Gasteiger partial charge >= 0.3 is 0 Å². The highest BCUT2D eigenvalue weighted by molar-refractivity contribution is 5.94. The molecule has 5 aromatic heterocycles. The summed E-state index contributed by atoms with van der Waals surface area (Å²) in [6, 6.07) is 13.8. The van der Waals surface area contributed by atoms with E-state index in [0.717, 1.165) is 59.7 Å². The summed E-state index contributed by atoms with van der Waals surface area (Å²) in [5, 5.41) is 22.0. The van der Waals surface area contributed by atoms with Crippen LogP contribution in [-0.4, -0.2) is 61.0 Å². The lowest BCUT2D eigenvalue weighted by molar-refractivity contribution is 0.0904. The normalized spacial score (nSPS) is 21.1. The van der Waals surface area contributed by atoms with Crippen LogP contribution in [0.3, 0.4) is 0 Å². The summed E-state index contributed by atoms with van der Waals surface area (Å²) < 4.78 is 8.61. The zero-order valence-corrected chi connectivity index (χ0v) is 24.2. The molecule has 2 aliphatic rings. The first-order valence-corrected chi connectivity index (χ1v) is 14.3. The van der Waals surface area contributed by atoms with Gasteiger partial charge in [-0.15, -0.1) is 0 Å². The van der Waals surface area contributed by atoms with Crippen LogP contribution in [0.5, 0.6) is 5.88 Å². The van der Waals surface area contributed by atoms with Gasteiger partial charge in [-0.25, -0.2) is 14.5 Å². The van der Waals surface area contributed by atoms with E-state index in [9.17, 15) is 10.1 Å². The Morgan fingerprint density at radius 3 is 2.51 bits per heavy atom. The molecular weight excluding hydrogens is 542 g/mol. The number of hydrogen-bond donors (Lipinski definition) is 1. The van der Waals surface area contributed by atoms with Crippen molar-refractivity contribution in [3.8, 4) is 34.3 Å². The summed E-state index contributed by atoms with van der Waals surface area (Å²) in [4.78, 5) is 24.3. The lowest BCUT2D eigenvalue weighted by atomic mass is 9.97. The van der Waals surface area contributed by atoms with E-state index in [1.807, 2.05) is 37.8 Å². The molecule has 0 aromatic carbocycles. The van der Waals surface area contributed by atoms with Crippen molar-refractivity contribution in [1.29, 1.82) is 5.26 Å². The van der Waals surface area contributed by atoms with Crippen molar-refractivity contribution in [3.05, 3.63) is 78.5 Å². The molecule has 2 fully saturated rings. The number of nitrogens with one attached hydrogen (secondary N) is 1. The number of methoxy groups -OCH3 is 1. The first-order chi connectivity index (χ1) is 20.8. The zero-order chi connectivity index (χ0) is 29.7. The Bertz CT molecular complexity index is 1850. The molecular formula is C32H31N9O2. The molecule has 1 N–H and O–H groups in total. The van der Waals surface area contributed by atoms with E-state index in [2.05, 4.69) is 50.5 Å². The molecule has 0 unspecified atom stereocenters. The topological polar surface area (TPSA) is 126 Å². The number of nitriles is 1. The Kier molecular flexibility index (Phi) is 6.34. The summed E-state index contributed by atoms with van der Waals surface area (Å²) in [6.45, 7) is 3.93. The van der Waals surface area contributed by atoms with Crippen LogP contribution in [0.15, 0.2) is 67.4 Å². The maximum absolute atomic E-state index is 12.9. The first kappa shape index (κ1) is 26.6. The molecule has 1 saturated carbocycles. The van der Waals surface area contributed by atoms with E-state index in [1.165, 1.54) is 0 Å². The van der Waals surface area contributed by atoms with Crippen LogP contribution in [0.1, 0.15) is 35.7 Å². The van der Waals surface area contributed by atoms with Gasteiger partial charge in [-0.1, -0.05) is 0 Å². The molecule has 6 heterocycles. The van der Waals surface area contributed by atoms with Gasteiger partial charge in [0.1, 0.15) is 11.9 Å². The molecule has 11 heteroatoms. The summed E-state index contributed by atoms with van der Waals surface area (Å²) in [5.74, 6) is 2.26. The SMILES string of the molecule is COc1ccc(C(=O)N[C@]2(C)C[C@H]3CN(c4ccc(-c5cc(-c6ccn(C)n6)cn6ncc(C#N)c56)cn4)C[C@H]3C2)cn1. The van der Waals surface area contributed by atoms with Gasteiger partial charge < -0.3 is 15.0 Å². The van der Waals surface area contributed by atoms with Gasteiger partial charge in [0, 0.05) is 73.2 Å². The van der Waals surface area contributed by atoms with Crippen LogP contribution in [0.25, 0.3) is 27.9 Å². The molecule has 0 radical (unpaired) electrons. The lowest BCUT2D eigenvalue weighted by Crippen LogP contribution is -2.45. The van der Waals surface area contributed by atoms with Crippen molar-refractivity contribution < 1.29 is 9.53 Å². The maximum atomic E-state index is 12.9. The maximum Gasteiger partial charge on any atom is 0.253 e. The second kappa shape index (κ2) is 10.2. The van der Waals surface area contributed by atoms with Crippen molar-refractivity contribution in [2.75, 3.05) is 25.1 Å². The van der Waals surface area contributed by atoms with E-state index in [-0.39, 0.29) is 11.4 Å². The number of rotatable bonds is 6. The number of anilines is 1. The van der Waals surface area contributed by atoms with Gasteiger partial charge in [0.05, 0.1) is 35.6 Å². The standard InChI is InChI=1S/C32H31N9O2/c1-32(37-31(42)21-5-7-29(43-3)35-15-21)11-23-17-40(18-24(23)12-32)28-6-4-20(14-34-28)26-10-22(27-8-9-39(2)38-27)19-41-30(26)25(13-33)16-36-41/h4-10,14-16,19,23-24H,11-12,17-18H2,1-3H3,(H,37,42)/t23-,24+,32+. The Morgan fingerprint density at radius 1 is 1.07 bits per heavy atom. The summed E-state index contributed by atoms with van der Waals surface area (Å²) in [7, 11) is 3.44. The molecule has 1 saturated heterocycles. The van der Waals surface area contributed by atoms with Crippen LogP contribution in [-0.2, 0) is 7.05 Å². The fraction of sp³-hybridized carbons (Fsp3) is 0.312. The smallest absolute Gasteiger partial charge is 0.253 e. The molecule has 5 aromatic rings. The second-order valence-corrected chi connectivity index (χ2v) is 11.8. The number of carbonyl (C=O) groups is 1. The molecule has 3 atom stereocenters. The largest absolute Gasteiger partial charge is 0.481 e. The van der Waals surface area contributed by atoms with Crippen LogP contribution in [0.2, 0.25) is 0 Å². The van der Waals surface area contributed by atoms with Crippen molar-refractivity contribution >= 4 is 17.2 Å². The van der Waals surface area contributed by atoms with Crippen LogP contribution < -0.4 is 15.0 Å². The van der Waals surface area contributed by atoms with E-state index in [4.69, 9.17) is 9.72 Å². The Hall–Kier alpha value is -5.24. The van der Waals surface area contributed by atoms with Gasteiger partial charge in [-0.3, -0.25) is 9.48 Å². The highest BCUT2D eigenvalue weighted by Gasteiger charge is 2.47. The first-order valence-electron chi connectivity index (χ1n) is 14.3. The number of carbonyl (C=O) groups excluding carboxylic acids is 1. The summed E-state index contributed by atoms with van der Waals surface area (Å²) in [6.07, 6.45) is 10.7. The predicted octanol–water partition coefficient (Wildman–Crippen LogP) is 4.11. The van der Waals surface area contributed by atoms with Crippen LogP contribution in [0, 0.1) is 23.2 Å². The molecule has 1 aliphatic heterocycles. The number of pyridine rings is 3. The molecule has 1 aliphatic carbocycles. The van der Waals surface area contributed by atoms with Crippen molar-refractivity contribution in [2.24, 2.45) is 18.9 Å². The minimum atomic E-state index is -0.261. The summed E-state index contributed by atoms with van der Waals surface area (Å²) >= 11 is 0. The van der Waals surface area contributed by atoms with Crippen LogP contribution >= 0.6 is 0 Å². The molecule has 0 spiro atoms. The van der Waals surface area contributed by atoms with Crippen molar-refractivity contribution in [2.45, 2.75) is 25.3 Å². The van der Waals surface area contributed by atoms with Gasteiger partial charge in [-0.2, -0.15) is 15.5 Å². The average Bonchev–Trinajstić information content (AvgIpc) is 3.79. The third-order valence-electron chi connectivity index (χ3n) is 8.75. The third kappa shape index (κ3) is 4.84. The number of aryl methyl sites for hydroxylation is 1. The quantitative estimate of drug-likeness (QED) is 0.322. The van der Waals surface area contributed by atoms with Crippen LogP contribution in [0.4, 0.5) is 5.82 Å². The number of nitrogens with zero attached hydrogens (tertiary/aromatic N) is 8. The number of fused-ring (bicyclic) bond motifs is 2. The minimum Gasteiger partial charge on any atom is -0.481 e. The number of aromatic nitrogens is 6. The number of ether oxygens (including phenoxy) is 1. The monoisotopic (exact) mass is 573 g/mol. The lowest BCUT2D eigenvalue weighted by Gasteiger charge is -2.29. The second-order valence-electron chi connectivity index (χ2n) is 11.8. The van der Waals surface area contributed by atoms with E-state index in [0.29, 0.717) is 28.8 Å². The molecule has 7 rings (SSSR count). The highest BCUT2D eigenvalue weighted by Crippen LogP contribution is 2.45. The summed E-state index contributed by atoms with van der Waals surface area (Å²) in [5.41, 5.74) is 5.06. The molecule has 0 bridgehead atoms. The van der Waals surface area contributed by atoms with E-state index < -0.39 is 0 Å². The van der Waals surface area contributed by atoms with Gasteiger partial charge in [-0.05, 0) is 61.9 Å². The number of amides is 1. The third-order valence-corrected chi connectivity index (χ3v) is 8.75. The molecule has 43 heavy (non-hydrogen) atoms. The minimum absolute atomic E-state index is 0.106. The van der Waals surface area contributed by atoms with E-state index >= 15 is 0 Å². The Labute approximate surface area is 248 Å². The van der Waals surface area contributed by atoms with Gasteiger partial charge in [0.2, 0.25) is 5.88 Å². The fourth-order valence-electron chi connectivity index (χ4n) is 6.78. The molecule has 216 valence electrons. The number of hydrogen-bond acceptors (Lipinski definition) is 8. The highest BCUT2D eigenvalue weighted by atomic mass is 16.5. The molecule has 1 amide bonds. The molecule has 11 nitrogen and oxygen atoms in total.